The van der Waals surface area contributed by atoms with E-state index >= 15 is 0 Å². The van der Waals surface area contributed by atoms with Gasteiger partial charge in [-0.3, -0.25) is 0 Å². The SMILES string of the molecule is C/C=C/c1ccc(Oc2nc(C(F)(F)F)cs2)c(OC)c1. The molecule has 7 heteroatoms. The average Bonchev–Trinajstić information content (AvgIpc) is 2.89. The van der Waals surface area contributed by atoms with E-state index in [2.05, 4.69) is 4.98 Å². The van der Waals surface area contributed by atoms with Crippen molar-refractivity contribution in [1.29, 1.82) is 0 Å². The lowest BCUT2D eigenvalue weighted by Gasteiger charge is -2.09. The molecule has 0 radical (unpaired) electrons. The van der Waals surface area contributed by atoms with Crippen molar-refractivity contribution in [3.05, 3.63) is 40.9 Å². The van der Waals surface area contributed by atoms with Crippen molar-refractivity contribution in [2.45, 2.75) is 13.1 Å². The minimum absolute atomic E-state index is 0.0839. The first kappa shape index (κ1) is 15.4. The van der Waals surface area contributed by atoms with Crippen molar-refractivity contribution in [2.24, 2.45) is 0 Å². The van der Waals surface area contributed by atoms with Crippen LogP contribution in [-0.4, -0.2) is 12.1 Å². The Kier molecular flexibility index (Phi) is 4.52. The zero-order valence-electron chi connectivity index (χ0n) is 11.3. The molecule has 2 aromatic rings. The van der Waals surface area contributed by atoms with Gasteiger partial charge in [0.1, 0.15) is 0 Å². The van der Waals surface area contributed by atoms with Gasteiger partial charge >= 0.3 is 6.18 Å². The summed E-state index contributed by atoms with van der Waals surface area (Å²) >= 11 is 0.782. The molecule has 0 bridgehead atoms. The van der Waals surface area contributed by atoms with Crippen molar-refractivity contribution in [3.8, 4) is 16.7 Å². The maximum Gasteiger partial charge on any atom is 0.434 e. The van der Waals surface area contributed by atoms with Crippen LogP contribution in [-0.2, 0) is 6.18 Å². The number of rotatable bonds is 4. The molecule has 0 saturated heterocycles. The molecule has 0 aliphatic rings. The van der Waals surface area contributed by atoms with E-state index in [4.69, 9.17) is 9.47 Å². The first-order valence-corrected chi connectivity index (χ1v) is 6.83. The molecule has 1 aromatic heterocycles. The van der Waals surface area contributed by atoms with Crippen LogP contribution < -0.4 is 9.47 Å². The fourth-order valence-electron chi connectivity index (χ4n) is 1.59. The van der Waals surface area contributed by atoms with Gasteiger partial charge in [-0.2, -0.15) is 18.2 Å². The summed E-state index contributed by atoms with van der Waals surface area (Å²) in [5.74, 6) is 0.739. The number of allylic oxidation sites excluding steroid dienone is 1. The average molecular weight is 315 g/mol. The van der Waals surface area contributed by atoms with Gasteiger partial charge in [-0.15, -0.1) is 0 Å². The third-order valence-corrected chi connectivity index (χ3v) is 3.23. The van der Waals surface area contributed by atoms with Gasteiger partial charge in [0.05, 0.1) is 7.11 Å². The maximum atomic E-state index is 12.5. The van der Waals surface area contributed by atoms with Crippen LogP contribution in [0.4, 0.5) is 13.2 Å². The number of halogens is 3. The molecule has 0 saturated carbocycles. The third-order valence-electron chi connectivity index (χ3n) is 2.52. The number of ether oxygens (including phenoxy) is 2. The molecule has 21 heavy (non-hydrogen) atoms. The lowest BCUT2D eigenvalue weighted by Crippen LogP contribution is -2.04. The van der Waals surface area contributed by atoms with E-state index in [1.165, 1.54) is 7.11 Å². The predicted octanol–water partition coefficient (Wildman–Crippen LogP) is 5.00. The summed E-state index contributed by atoms with van der Waals surface area (Å²) in [6, 6.07) is 5.13. The van der Waals surface area contributed by atoms with Gasteiger partial charge in [0.25, 0.3) is 5.19 Å². The molecular formula is C14H12F3NO2S. The number of alkyl halides is 3. The predicted molar refractivity (Wildman–Crippen MR) is 74.9 cm³/mol. The summed E-state index contributed by atoms with van der Waals surface area (Å²) in [5.41, 5.74) is -0.0659. The Morgan fingerprint density at radius 1 is 1.24 bits per heavy atom. The van der Waals surface area contributed by atoms with E-state index in [0.29, 0.717) is 11.5 Å². The second kappa shape index (κ2) is 6.17. The fraction of sp³-hybridized carbons (Fsp3) is 0.214. The van der Waals surface area contributed by atoms with Gasteiger partial charge in [-0.05, 0) is 24.6 Å². The summed E-state index contributed by atoms with van der Waals surface area (Å²) in [6.07, 6.45) is -0.735. The minimum atomic E-state index is -4.47. The number of hydrogen-bond acceptors (Lipinski definition) is 4. The minimum Gasteiger partial charge on any atom is -0.493 e. The molecular weight excluding hydrogens is 303 g/mol. The van der Waals surface area contributed by atoms with Crippen LogP contribution in [0.3, 0.4) is 0 Å². The van der Waals surface area contributed by atoms with E-state index in [0.717, 1.165) is 22.3 Å². The van der Waals surface area contributed by atoms with Crippen molar-refractivity contribution in [3.63, 3.8) is 0 Å². The Morgan fingerprint density at radius 2 is 2.00 bits per heavy atom. The summed E-state index contributed by atoms with van der Waals surface area (Å²) in [4.78, 5) is 3.41. The second-order valence-corrected chi connectivity index (χ2v) is 4.83. The number of methoxy groups -OCH3 is 1. The maximum absolute atomic E-state index is 12.5. The summed E-state index contributed by atoms with van der Waals surface area (Å²) in [5, 5.41) is 0.829. The van der Waals surface area contributed by atoms with Crippen LogP contribution in [0, 0.1) is 0 Å². The molecule has 112 valence electrons. The molecule has 0 unspecified atom stereocenters. The third kappa shape index (κ3) is 3.75. The molecule has 1 aromatic carbocycles. The molecule has 0 N–H and O–H groups in total. The lowest BCUT2D eigenvalue weighted by molar-refractivity contribution is -0.140. The van der Waals surface area contributed by atoms with Crippen LogP contribution in [0.1, 0.15) is 18.2 Å². The highest BCUT2D eigenvalue weighted by Crippen LogP contribution is 2.37. The van der Waals surface area contributed by atoms with Gasteiger partial charge < -0.3 is 9.47 Å². The largest absolute Gasteiger partial charge is 0.493 e. The smallest absolute Gasteiger partial charge is 0.434 e. The van der Waals surface area contributed by atoms with E-state index < -0.39 is 11.9 Å². The van der Waals surface area contributed by atoms with Gasteiger partial charge in [0, 0.05) is 5.38 Å². The topological polar surface area (TPSA) is 31.4 Å². The zero-order chi connectivity index (χ0) is 15.5. The lowest BCUT2D eigenvalue weighted by atomic mass is 10.2. The van der Waals surface area contributed by atoms with Crippen LogP contribution in [0.15, 0.2) is 29.7 Å². The van der Waals surface area contributed by atoms with Crippen LogP contribution >= 0.6 is 11.3 Å². The summed E-state index contributed by atoms with van der Waals surface area (Å²) in [6.45, 7) is 1.88. The highest BCUT2D eigenvalue weighted by atomic mass is 32.1. The molecule has 0 atom stereocenters. The Labute approximate surface area is 123 Å². The first-order chi connectivity index (χ1) is 9.94. The number of aromatic nitrogens is 1. The molecule has 0 aliphatic carbocycles. The monoisotopic (exact) mass is 315 g/mol. The molecule has 3 nitrogen and oxygen atoms in total. The van der Waals surface area contributed by atoms with Crippen LogP contribution in [0.2, 0.25) is 0 Å². The highest BCUT2D eigenvalue weighted by Gasteiger charge is 2.34. The Balaban J connectivity index is 2.25. The quantitative estimate of drug-likeness (QED) is 0.796. The van der Waals surface area contributed by atoms with Crippen molar-refractivity contribution in [2.75, 3.05) is 7.11 Å². The Hall–Kier alpha value is -2.02. The number of benzene rings is 1. The van der Waals surface area contributed by atoms with E-state index in [1.54, 1.807) is 18.2 Å². The standard InChI is InChI=1S/C14H12F3NO2S/c1-3-4-9-5-6-10(11(7-9)19-2)20-13-18-12(8-21-13)14(15,16)17/h3-8H,1-2H3/b4-3+. The molecule has 2 rings (SSSR count). The zero-order valence-corrected chi connectivity index (χ0v) is 12.1. The van der Waals surface area contributed by atoms with E-state index in [9.17, 15) is 13.2 Å². The van der Waals surface area contributed by atoms with Crippen LogP contribution in [0.5, 0.6) is 16.7 Å². The number of nitrogens with zero attached hydrogens (tertiary/aromatic N) is 1. The molecule has 0 fully saturated rings. The van der Waals surface area contributed by atoms with Crippen molar-refractivity contribution < 1.29 is 22.6 Å². The van der Waals surface area contributed by atoms with E-state index in [-0.39, 0.29) is 5.19 Å². The molecule has 1 heterocycles. The van der Waals surface area contributed by atoms with Gasteiger partial charge in [-0.25, -0.2) is 0 Å². The molecule has 0 amide bonds. The van der Waals surface area contributed by atoms with Gasteiger partial charge in [0.2, 0.25) is 0 Å². The normalized spacial score (nSPS) is 11.9. The summed E-state index contributed by atoms with van der Waals surface area (Å²) < 4.78 is 48.0. The van der Waals surface area contributed by atoms with Crippen molar-refractivity contribution in [1.82, 2.24) is 4.98 Å². The van der Waals surface area contributed by atoms with Crippen LogP contribution in [0.25, 0.3) is 6.08 Å². The highest BCUT2D eigenvalue weighted by molar-refractivity contribution is 7.11. The Morgan fingerprint density at radius 3 is 2.57 bits per heavy atom. The number of hydrogen-bond donors (Lipinski definition) is 0. The van der Waals surface area contributed by atoms with Crippen molar-refractivity contribution >= 4 is 17.4 Å². The molecule has 0 spiro atoms. The van der Waals surface area contributed by atoms with Gasteiger partial charge in [-0.1, -0.05) is 29.6 Å². The fourth-order valence-corrected chi connectivity index (χ4v) is 2.28. The second-order valence-electron chi connectivity index (χ2n) is 4.01. The van der Waals surface area contributed by atoms with E-state index in [1.807, 2.05) is 19.1 Å². The van der Waals surface area contributed by atoms with Gasteiger partial charge in [0.15, 0.2) is 17.2 Å². The first-order valence-electron chi connectivity index (χ1n) is 5.95. The molecule has 0 aliphatic heterocycles. The summed E-state index contributed by atoms with van der Waals surface area (Å²) in [7, 11) is 1.46. The Bertz CT molecular complexity index is 650. The number of thiazole rings is 1.